The molecule has 0 saturated carbocycles. The maximum absolute atomic E-state index is 13.2. The Bertz CT molecular complexity index is 1130. The zero-order valence-corrected chi connectivity index (χ0v) is 20.7. The molecule has 0 radical (unpaired) electrons. The first-order valence-corrected chi connectivity index (χ1v) is 12.1. The lowest BCUT2D eigenvalue weighted by molar-refractivity contribution is -0.118. The van der Waals surface area contributed by atoms with E-state index in [1.54, 1.807) is 30.3 Å². The Morgan fingerprint density at radius 3 is 2.09 bits per heavy atom. The summed E-state index contributed by atoms with van der Waals surface area (Å²) in [5.41, 5.74) is 6.17. The van der Waals surface area contributed by atoms with E-state index < -0.39 is 12.1 Å². The van der Waals surface area contributed by atoms with Crippen LogP contribution in [-0.2, 0) is 4.79 Å². The number of urea groups is 1. The molecule has 1 atom stereocenters. The number of amides is 3. The summed E-state index contributed by atoms with van der Waals surface area (Å²) in [5.74, 6) is -0.363. The Labute approximate surface area is 212 Å². The van der Waals surface area contributed by atoms with Gasteiger partial charge in [0.1, 0.15) is 6.04 Å². The molecule has 0 bridgehead atoms. The number of nitrogens with zero attached hydrogens (tertiary/aromatic N) is 1. The standard InChI is InChI=1S/C25H25BrClN5O2/c26-22-6-2-1-5-21(22)23(30-25(34)29-19-9-7-17(27)8-10-19)24(33)28-18-11-13-20(14-12-18)31-32-15-3-4-16-32/h1-2,5-14,23,31H,3-4,15-16H2,(H,28,33)(H2,29,30,34). The Hall–Kier alpha value is -3.07. The van der Waals surface area contributed by atoms with Crippen molar-refractivity contribution in [2.75, 3.05) is 29.1 Å². The molecule has 3 aromatic carbocycles. The molecule has 34 heavy (non-hydrogen) atoms. The van der Waals surface area contributed by atoms with E-state index in [1.165, 1.54) is 12.8 Å². The molecule has 0 spiro atoms. The van der Waals surface area contributed by atoms with Gasteiger partial charge in [-0.3, -0.25) is 4.79 Å². The van der Waals surface area contributed by atoms with E-state index >= 15 is 0 Å². The number of rotatable bonds is 7. The average Bonchev–Trinajstić information content (AvgIpc) is 3.34. The summed E-state index contributed by atoms with van der Waals surface area (Å²) >= 11 is 9.39. The van der Waals surface area contributed by atoms with Gasteiger partial charge >= 0.3 is 6.03 Å². The number of nitrogens with one attached hydrogen (secondary N) is 4. The van der Waals surface area contributed by atoms with Gasteiger partial charge in [-0.05, 0) is 73.0 Å². The van der Waals surface area contributed by atoms with Crippen LogP contribution in [0.1, 0.15) is 24.4 Å². The van der Waals surface area contributed by atoms with E-state index in [4.69, 9.17) is 11.6 Å². The lowest BCUT2D eigenvalue weighted by atomic mass is 10.1. The average molecular weight is 543 g/mol. The van der Waals surface area contributed by atoms with Crippen LogP contribution in [-0.4, -0.2) is 30.0 Å². The van der Waals surface area contributed by atoms with Gasteiger partial charge in [-0.15, -0.1) is 0 Å². The molecule has 1 aliphatic rings. The van der Waals surface area contributed by atoms with Gasteiger partial charge in [0.25, 0.3) is 5.91 Å². The Morgan fingerprint density at radius 2 is 1.41 bits per heavy atom. The molecule has 1 fully saturated rings. The maximum atomic E-state index is 13.2. The Morgan fingerprint density at radius 1 is 0.824 bits per heavy atom. The van der Waals surface area contributed by atoms with Crippen LogP contribution < -0.4 is 21.4 Å². The minimum atomic E-state index is -0.926. The summed E-state index contributed by atoms with van der Waals surface area (Å²) in [5, 5.41) is 11.2. The first-order valence-electron chi connectivity index (χ1n) is 11.0. The molecule has 1 unspecified atom stereocenters. The molecule has 3 aromatic rings. The number of anilines is 3. The fourth-order valence-electron chi connectivity index (χ4n) is 3.68. The second kappa shape index (κ2) is 11.4. The highest BCUT2D eigenvalue weighted by Gasteiger charge is 2.25. The summed E-state index contributed by atoms with van der Waals surface area (Å²) in [4.78, 5) is 25.9. The fourth-order valence-corrected chi connectivity index (χ4v) is 4.32. The molecule has 3 amide bonds. The lowest BCUT2D eigenvalue weighted by Crippen LogP contribution is -2.39. The largest absolute Gasteiger partial charge is 0.324 e. The van der Waals surface area contributed by atoms with E-state index in [0.717, 1.165) is 18.8 Å². The molecule has 1 saturated heterocycles. The van der Waals surface area contributed by atoms with Crippen LogP contribution >= 0.6 is 27.5 Å². The number of hydrogen-bond donors (Lipinski definition) is 4. The smallest absolute Gasteiger partial charge is 0.320 e. The topological polar surface area (TPSA) is 85.5 Å². The zero-order valence-electron chi connectivity index (χ0n) is 18.4. The van der Waals surface area contributed by atoms with Gasteiger partial charge in [0, 0.05) is 39.6 Å². The van der Waals surface area contributed by atoms with Gasteiger partial charge in [-0.25, -0.2) is 9.80 Å². The summed E-state index contributed by atoms with van der Waals surface area (Å²) in [6.07, 6.45) is 2.38. The van der Waals surface area contributed by atoms with E-state index in [9.17, 15) is 9.59 Å². The van der Waals surface area contributed by atoms with E-state index in [1.807, 2.05) is 42.5 Å². The zero-order chi connectivity index (χ0) is 23.9. The highest BCUT2D eigenvalue weighted by atomic mass is 79.9. The monoisotopic (exact) mass is 541 g/mol. The third-order valence-corrected chi connectivity index (χ3v) is 6.38. The van der Waals surface area contributed by atoms with Crippen LogP contribution in [0.2, 0.25) is 5.02 Å². The fraction of sp³-hybridized carbons (Fsp3) is 0.200. The van der Waals surface area contributed by atoms with Gasteiger partial charge < -0.3 is 21.4 Å². The van der Waals surface area contributed by atoms with Crippen molar-refractivity contribution < 1.29 is 9.59 Å². The third-order valence-electron chi connectivity index (χ3n) is 5.40. The van der Waals surface area contributed by atoms with Gasteiger partial charge in [0.05, 0.1) is 0 Å². The summed E-state index contributed by atoms with van der Waals surface area (Å²) in [6.45, 7) is 2.05. The molecule has 0 aliphatic carbocycles. The molecule has 4 N–H and O–H groups in total. The van der Waals surface area contributed by atoms with Crippen molar-refractivity contribution in [1.82, 2.24) is 10.3 Å². The number of carbonyl (C=O) groups excluding carboxylic acids is 2. The molecule has 176 valence electrons. The predicted molar refractivity (Wildman–Crippen MR) is 140 cm³/mol. The molecule has 1 heterocycles. The number of benzene rings is 3. The van der Waals surface area contributed by atoms with Crippen LogP contribution in [0.4, 0.5) is 21.9 Å². The minimum absolute atomic E-state index is 0.363. The van der Waals surface area contributed by atoms with Crippen molar-refractivity contribution in [3.05, 3.63) is 87.9 Å². The van der Waals surface area contributed by atoms with Crippen molar-refractivity contribution in [3.63, 3.8) is 0 Å². The number of hydrazine groups is 1. The number of carbonyl (C=O) groups is 2. The molecule has 1 aliphatic heterocycles. The predicted octanol–water partition coefficient (Wildman–Crippen LogP) is 6.03. The van der Waals surface area contributed by atoms with E-state index in [0.29, 0.717) is 26.4 Å². The van der Waals surface area contributed by atoms with Crippen molar-refractivity contribution >= 4 is 56.5 Å². The SMILES string of the molecule is O=C(Nc1ccc(Cl)cc1)NC(C(=O)Nc1ccc(NN2CCCC2)cc1)c1ccccc1Br. The first-order chi connectivity index (χ1) is 16.5. The number of halogens is 2. The minimum Gasteiger partial charge on any atom is -0.324 e. The molecular formula is C25H25BrClN5O2. The van der Waals surface area contributed by atoms with Crippen LogP contribution in [0.3, 0.4) is 0 Å². The molecule has 7 nitrogen and oxygen atoms in total. The van der Waals surface area contributed by atoms with Crippen molar-refractivity contribution in [3.8, 4) is 0 Å². The van der Waals surface area contributed by atoms with Gasteiger partial charge in [-0.1, -0.05) is 45.7 Å². The summed E-state index contributed by atoms with van der Waals surface area (Å²) in [7, 11) is 0. The normalized spacial score (nSPS) is 14.3. The third kappa shape index (κ3) is 6.50. The van der Waals surface area contributed by atoms with Crippen LogP contribution in [0, 0.1) is 0 Å². The summed E-state index contributed by atoms with van der Waals surface area (Å²) in [6, 6.07) is 20.1. The Balaban J connectivity index is 1.45. The van der Waals surface area contributed by atoms with Crippen LogP contribution in [0.25, 0.3) is 0 Å². The Kier molecular flexibility index (Phi) is 8.05. The molecule has 0 aromatic heterocycles. The van der Waals surface area contributed by atoms with Gasteiger partial charge in [-0.2, -0.15) is 0 Å². The van der Waals surface area contributed by atoms with Crippen molar-refractivity contribution in [1.29, 1.82) is 0 Å². The van der Waals surface area contributed by atoms with E-state index in [2.05, 4.69) is 42.3 Å². The first kappa shape index (κ1) is 24.1. The number of hydrogen-bond acceptors (Lipinski definition) is 4. The quantitative estimate of drug-likeness (QED) is 0.294. The summed E-state index contributed by atoms with van der Waals surface area (Å²) < 4.78 is 0.715. The van der Waals surface area contributed by atoms with Gasteiger partial charge in [0.2, 0.25) is 0 Å². The van der Waals surface area contributed by atoms with E-state index in [-0.39, 0.29) is 5.91 Å². The van der Waals surface area contributed by atoms with Crippen molar-refractivity contribution in [2.45, 2.75) is 18.9 Å². The molecule has 9 heteroatoms. The second-order valence-corrected chi connectivity index (χ2v) is 9.22. The highest BCUT2D eigenvalue weighted by molar-refractivity contribution is 9.10. The van der Waals surface area contributed by atoms with Crippen molar-refractivity contribution in [2.24, 2.45) is 0 Å². The maximum Gasteiger partial charge on any atom is 0.320 e. The molecular weight excluding hydrogens is 518 g/mol. The van der Waals surface area contributed by atoms with Crippen LogP contribution in [0.5, 0.6) is 0 Å². The van der Waals surface area contributed by atoms with Gasteiger partial charge in [0.15, 0.2) is 0 Å². The second-order valence-electron chi connectivity index (χ2n) is 7.93. The van der Waals surface area contributed by atoms with Crippen LogP contribution in [0.15, 0.2) is 77.3 Å². The molecule has 4 rings (SSSR count). The lowest BCUT2D eigenvalue weighted by Gasteiger charge is -2.21. The highest BCUT2D eigenvalue weighted by Crippen LogP contribution is 2.25.